The summed E-state index contributed by atoms with van der Waals surface area (Å²) in [6.45, 7) is 4.56. The number of aromatic amines is 1. The number of nitrogens with one attached hydrogen (secondary N) is 2. The van der Waals surface area contributed by atoms with E-state index in [-0.39, 0.29) is 12.0 Å². The third-order valence-corrected chi connectivity index (χ3v) is 7.00. The molecule has 7 rings (SSSR count). The standard InChI is InChI=1S/C29H24N4O3/c1-15(2)35-17-4-7-19-16(11-17)3-6-20-25(19)27-22(13-32-29(27)34)26-21-12-18(5-8-23(21)33-28(20)26)36-24-14-30-9-10-31-24/h4-5,7-12,14-15,33H,3,6,13H2,1-2H3,(H,32,34). The van der Waals surface area contributed by atoms with Crippen molar-refractivity contribution in [3.8, 4) is 28.5 Å². The number of ether oxygens (including phenoxy) is 2. The van der Waals surface area contributed by atoms with Crippen molar-refractivity contribution in [3.05, 3.63) is 77.2 Å². The summed E-state index contributed by atoms with van der Waals surface area (Å²) in [7, 11) is 0. The zero-order valence-electron chi connectivity index (χ0n) is 20.0. The zero-order valence-corrected chi connectivity index (χ0v) is 20.0. The smallest absolute Gasteiger partial charge is 0.252 e. The Morgan fingerprint density at radius 1 is 0.972 bits per heavy atom. The number of fused-ring (bicyclic) bond motifs is 10. The van der Waals surface area contributed by atoms with Crippen molar-refractivity contribution in [2.24, 2.45) is 0 Å². The number of nitrogens with zero attached hydrogens (tertiary/aromatic N) is 2. The van der Waals surface area contributed by atoms with Crippen LogP contribution >= 0.6 is 0 Å². The molecule has 2 aliphatic rings. The molecule has 0 atom stereocenters. The maximum atomic E-state index is 13.2. The Morgan fingerprint density at radius 2 is 1.86 bits per heavy atom. The number of H-pyrrole nitrogens is 1. The Bertz CT molecular complexity index is 1690. The third kappa shape index (κ3) is 3.16. The number of amides is 1. The van der Waals surface area contributed by atoms with Gasteiger partial charge in [-0.25, -0.2) is 4.98 Å². The largest absolute Gasteiger partial charge is 0.491 e. The summed E-state index contributed by atoms with van der Waals surface area (Å²) < 4.78 is 11.9. The van der Waals surface area contributed by atoms with Crippen LogP contribution in [0.25, 0.3) is 32.9 Å². The monoisotopic (exact) mass is 476 g/mol. The number of aryl methyl sites for hydroxylation is 2. The van der Waals surface area contributed by atoms with Gasteiger partial charge in [0.1, 0.15) is 11.5 Å². The molecule has 1 aliphatic heterocycles. The normalized spacial score (nSPS) is 14.0. The van der Waals surface area contributed by atoms with Gasteiger partial charge in [0.05, 0.1) is 23.4 Å². The van der Waals surface area contributed by atoms with E-state index in [1.807, 2.05) is 38.1 Å². The topological polar surface area (TPSA) is 89.1 Å². The fraction of sp³-hybridized carbons (Fsp3) is 0.207. The van der Waals surface area contributed by atoms with E-state index in [9.17, 15) is 4.79 Å². The minimum absolute atomic E-state index is 0.0141. The van der Waals surface area contributed by atoms with Crippen molar-refractivity contribution in [2.75, 3.05) is 0 Å². The molecule has 7 heteroatoms. The van der Waals surface area contributed by atoms with Gasteiger partial charge < -0.3 is 19.8 Å². The zero-order chi connectivity index (χ0) is 24.4. The quantitative estimate of drug-likeness (QED) is 0.347. The van der Waals surface area contributed by atoms with Crippen molar-refractivity contribution >= 4 is 27.7 Å². The predicted octanol–water partition coefficient (Wildman–Crippen LogP) is 5.70. The molecule has 0 radical (unpaired) electrons. The molecule has 1 amide bonds. The van der Waals surface area contributed by atoms with E-state index in [1.54, 1.807) is 18.6 Å². The SMILES string of the molecule is CC(C)Oc1ccc2c(c1)CCc1c-2c2c(c3c1[nH]c1ccc(Oc4cnccn4)cc13)CNC2=O. The van der Waals surface area contributed by atoms with Crippen LogP contribution in [0, 0.1) is 0 Å². The summed E-state index contributed by atoms with van der Waals surface area (Å²) in [5.41, 5.74) is 8.51. The molecule has 3 aromatic carbocycles. The highest BCUT2D eigenvalue weighted by molar-refractivity contribution is 6.19. The van der Waals surface area contributed by atoms with Crippen LogP contribution in [0.2, 0.25) is 0 Å². The Labute approximate surface area is 207 Å². The second-order valence-corrected chi connectivity index (χ2v) is 9.60. The lowest BCUT2D eigenvalue weighted by Crippen LogP contribution is -2.15. The number of carbonyl (C=O) groups excluding carboxylic acids is 1. The second-order valence-electron chi connectivity index (χ2n) is 9.60. The van der Waals surface area contributed by atoms with Crippen molar-refractivity contribution < 1.29 is 14.3 Å². The molecule has 178 valence electrons. The van der Waals surface area contributed by atoms with Gasteiger partial charge in [0.15, 0.2) is 0 Å². The Balaban J connectivity index is 1.45. The first-order valence-corrected chi connectivity index (χ1v) is 12.2. The van der Waals surface area contributed by atoms with E-state index in [1.165, 1.54) is 11.1 Å². The van der Waals surface area contributed by atoms with Crippen LogP contribution in [0.15, 0.2) is 55.0 Å². The molecule has 3 heterocycles. The predicted molar refractivity (Wildman–Crippen MR) is 138 cm³/mol. The molecule has 5 aromatic rings. The summed E-state index contributed by atoms with van der Waals surface area (Å²) >= 11 is 0. The van der Waals surface area contributed by atoms with Gasteiger partial charge in [-0.15, -0.1) is 0 Å². The molecule has 0 bridgehead atoms. The number of aromatic nitrogens is 3. The molecule has 0 fully saturated rings. The summed E-state index contributed by atoms with van der Waals surface area (Å²) in [4.78, 5) is 25.1. The van der Waals surface area contributed by atoms with E-state index in [2.05, 4.69) is 32.4 Å². The first-order valence-electron chi connectivity index (χ1n) is 12.2. The number of hydrogen-bond donors (Lipinski definition) is 2. The fourth-order valence-electron chi connectivity index (χ4n) is 5.64. The average Bonchev–Trinajstić information content (AvgIpc) is 3.44. The van der Waals surface area contributed by atoms with Crippen molar-refractivity contribution in [3.63, 3.8) is 0 Å². The van der Waals surface area contributed by atoms with E-state index in [0.717, 1.165) is 62.7 Å². The molecule has 36 heavy (non-hydrogen) atoms. The maximum Gasteiger partial charge on any atom is 0.252 e. The van der Waals surface area contributed by atoms with Gasteiger partial charge in [-0.2, -0.15) is 0 Å². The van der Waals surface area contributed by atoms with Crippen molar-refractivity contribution in [1.82, 2.24) is 20.3 Å². The molecule has 0 saturated carbocycles. The molecule has 7 nitrogen and oxygen atoms in total. The van der Waals surface area contributed by atoms with E-state index >= 15 is 0 Å². The number of rotatable bonds is 4. The number of benzene rings is 3. The van der Waals surface area contributed by atoms with E-state index < -0.39 is 0 Å². The first kappa shape index (κ1) is 20.9. The fourth-order valence-corrected chi connectivity index (χ4v) is 5.64. The highest BCUT2D eigenvalue weighted by atomic mass is 16.5. The lowest BCUT2D eigenvalue weighted by atomic mass is 9.80. The second kappa shape index (κ2) is 7.81. The summed E-state index contributed by atoms with van der Waals surface area (Å²) in [5.74, 6) is 1.97. The molecule has 2 aromatic heterocycles. The van der Waals surface area contributed by atoms with Gasteiger partial charge in [0.25, 0.3) is 5.91 Å². The van der Waals surface area contributed by atoms with Crippen LogP contribution in [-0.2, 0) is 19.4 Å². The highest BCUT2D eigenvalue weighted by Crippen LogP contribution is 2.46. The van der Waals surface area contributed by atoms with Gasteiger partial charge in [0, 0.05) is 40.8 Å². The minimum Gasteiger partial charge on any atom is -0.491 e. The highest BCUT2D eigenvalue weighted by Gasteiger charge is 2.33. The summed E-state index contributed by atoms with van der Waals surface area (Å²) in [6.07, 6.45) is 6.66. The number of carbonyl (C=O) groups is 1. The van der Waals surface area contributed by atoms with Crippen LogP contribution in [0.4, 0.5) is 0 Å². The molecule has 0 saturated heterocycles. The van der Waals surface area contributed by atoms with Crippen molar-refractivity contribution in [1.29, 1.82) is 0 Å². The van der Waals surface area contributed by atoms with Gasteiger partial charge in [-0.3, -0.25) is 9.78 Å². The first-order chi connectivity index (χ1) is 17.6. The summed E-state index contributed by atoms with van der Waals surface area (Å²) in [6, 6.07) is 12.2. The Morgan fingerprint density at radius 3 is 2.69 bits per heavy atom. The Kier molecular flexibility index (Phi) is 4.54. The molecule has 1 aliphatic carbocycles. The molecule has 0 spiro atoms. The van der Waals surface area contributed by atoms with E-state index in [0.29, 0.717) is 18.2 Å². The minimum atomic E-state index is -0.0141. The van der Waals surface area contributed by atoms with E-state index in [4.69, 9.17) is 9.47 Å². The van der Waals surface area contributed by atoms with Crippen LogP contribution in [0.5, 0.6) is 17.4 Å². The Hall–Kier alpha value is -4.39. The van der Waals surface area contributed by atoms with Gasteiger partial charge >= 0.3 is 0 Å². The third-order valence-electron chi connectivity index (χ3n) is 7.00. The molecule has 0 unspecified atom stereocenters. The van der Waals surface area contributed by atoms with Crippen LogP contribution < -0.4 is 14.8 Å². The summed E-state index contributed by atoms with van der Waals surface area (Å²) in [5, 5.41) is 5.20. The lowest BCUT2D eigenvalue weighted by Gasteiger charge is -2.24. The van der Waals surface area contributed by atoms with Crippen LogP contribution in [-0.4, -0.2) is 27.0 Å². The maximum absolute atomic E-state index is 13.2. The molecule has 2 N–H and O–H groups in total. The van der Waals surface area contributed by atoms with Gasteiger partial charge in [0.2, 0.25) is 5.88 Å². The lowest BCUT2D eigenvalue weighted by molar-refractivity contribution is 0.0966. The van der Waals surface area contributed by atoms with Crippen LogP contribution in [0.1, 0.15) is 40.9 Å². The molecular weight excluding hydrogens is 452 g/mol. The molecular formula is C29H24N4O3. The van der Waals surface area contributed by atoms with Crippen molar-refractivity contribution in [2.45, 2.75) is 39.3 Å². The average molecular weight is 477 g/mol. The van der Waals surface area contributed by atoms with Gasteiger partial charge in [-0.1, -0.05) is 6.07 Å². The van der Waals surface area contributed by atoms with Crippen LogP contribution in [0.3, 0.4) is 0 Å². The number of hydrogen-bond acceptors (Lipinski definition) is 5. The van der Waals surface area contributed by atoms with Gasteiger partial charge in [-0.05, 0) is 79.3 Å².